The van der Waals surface area contributed by atoms with Crippen LogP contribution < -0.4 is 5.73 Å². The summed E-state index contributed by atoms with van der Waals surface area (Å²) in [5, 5.41) is 0. The van der Waals surface area contributed by atoms with E-state index in [1.807, 2.05) is 11.8 Å². The van der Waals surface area contributed by atoms with Crippen molar-refractivity contribution in [3.63, 3.8) is 0 Å². The summed E-state index contributed by atoms with van der Waals surface area (Å²) in [6, 6.07) is 0.395. The summed E-state index contributed by atoms with van der Waals surface area (Å²) in [7, 11) is 0. The van der Waals surface area contributed by atoms with Crippen LogP contribution in [0.5, 0.6) is 0 Å². The third-order valence-electron chi connectivity index (χ3n) is 1.26. The molecule has 0 aromatic rings. The van der Waals surface area contributed by atoms with Gasteiger partial charge in [0.25, 0.3) is 0 Å². The molecule has 0 radical (unpaired) electrons. The van der Waals surface area contributed by atoms with Gasteiger partial charge in [0.05, 0.1) is 0 Å². The molecule has 0 fully saturated rings. The van der Waals surface area contributed by atoms with E-state index in [4.69, 9.17) is 5.73 Å². The topological polar surface area (TPSA) is 26.0 Å². The minimum atomic E-state index is 0.395. The molecule has 0 heterocycles. The average Bonchev–Trinajstić information content (AvgIpc) is 1.80. The van der Waals surface area contributed by atoms with Crippen molar-refractivity contribution in [1.82, 2.24) is 0 Å². The first-order chi connectivity index (χ1) is 4.27. The highest BCUT2D eigenvalue weighted by molar-refractivity contribution is 7.98. The lowest BCUT2D eigenvalue weighted by atomic mass is 10.2. The van der Waals surface area contributed by atoms with Crippen molar-refractivity contribution in [1.29, 1.82) is 0 Å². The van der Waals surface area contributed by atoms with Crippen LogP contribution in [0, 0.1) is 0 Å². The van der Waals surface area contributed by atoms with E-state index in [1.165, 1.54) is 25.0 Å². The van der Waals surface area contributed by atoms with Gasteiger partial charge in [0, 0.05) is 6.04 Å². The summed E-state index contributed by atoms with van der Waals surface area (Å²) in [5.74, 6) is 1.28. The summed E-state index contributed by atoms with van der Waals surface area (Å²) < 4.78 is 0. The highest BCUT2D eigenvalue weighted by Gasteiger charge is 1.92. The zero-order chi connectivity index (χ0) is 7.11. The van der Waals surface area contributed by atoms with E-state index in [0.717, 1.165) is 0 Å². The van der Waals surface area contributed by atoms with Crippen molar-refractivity contribution in [3.8, 4) is 0 Å². The summed E-state index contributed by atoms with van der Waals surface area (Å²) in [6.45, 7) is 2.07. The van der Waals surface area contributed by atoms with E-state index < -0.39 is 0 Å². The second-order valence-electron chi connectivity index (χ2n) is 2.47. The van der Waals surface area contributed by atoms with Crippen LogP contribution in [-0.4, -0.2) is 18.1 Å². The first-order valence-corrected chi connectivity index (χ1v) is 4.91. The van der Waals surface area contributed by atoms with Crippen LogP contribution in [-0.2, 0) is 0 Å². The molecule has 0 aliphatic rings. The molecule has 2 heteroatoms. The van der Waals surface area contributed by atoms with E-state index in [2.05, 4.69) is 13.2 Å². The predicted octanol–water partition coefficient (Wildman–Crippen LogP) is 1.87. The molecule has 9 heavy (non-hydrogen) atoms. The fourth-order valence-corrected chi connectivity index (χ4v) is 1.21. The lowest BCUT2D eigenvalue weighted by Gasteiger charge is -2.02. The van der Waals surface area contributed by atoms with Gasteiger partial charge in [-0.2, -0.15) is 11.8 Å². The van der Waals surface area contributed by atoms with E-state index in [9.17, 15) is 0 Å². The fraction of sp³-hybridized carbons (Fsp3) is 1.00. The highest BCUT2D eigenvalue weighted by atomic mass is 32.2. The Labute approximate surface area is 62.4 Å². The van der Waals surface area contributed by atoms with Gasteiger partial charge in [0.1, 0.15) is 0 Å². The van der Waals surface area contributed by atoms with Gasteiger partial charge in [-0.1, -0.05) is 6.42 Å². The Balaban J connectivity index is 2.75. The summed E-state index contributed by atoms with van der Waals surface area (Å²) in [6.07, 6.45) is 5.94. The van der Waals surface area contributed by atoms with Crippen molar-refractivity contribution in [2.45, 2.75) is 32.2 Å². The summed E-state index contributed by atoms with van der Waals surface area (Å²) >= 11 is 1.91. The van der Waals surface area contributed by atoms with Crippen molar-refractivity contribution in [3.05, 3.63) is 0 Å². The number of hydrogen-bond donors (Lipinski definition) is 1. The van der Waals surface area contributed by atoms with Crippen LogP contribution in [0.1, 0.15) is 26.2 Å². The lowest BCUT2D eigenvalue weighted by Crippen LogP contribution is -2.13. The molecule has 0 bridgehead atoms. The predicted molar refractivity (Wildman–Crippen MR) is 45.9 cm³/mol. The highest BCUT2D eigenvalue weighted by Crippen LogP contribution is 2.03. The molecule has 0 rings (SSSR count). The van der Waals surface area contributed by atoms with Gasteiger partial charge in [0.2, 0.25) is 0 Å². The molecular formula is C7H17NS. The Morgan fingerprint density at radius 2 is 2.11 bits per heavy atom. The molecule has 0 aromatic carbocycles. The number of unbranched alkanes of at least 4 members (excludes halogenated alkanes) is 1. The zero-order valence-corrected chi connectivity index (χ0v) is 7.21. The van der Waals surface area contributed by atoms with Crippen LogP contribution in [0.4, 0.5) is 0 Å². The van der Waals surface area contributed by atoms with Crippen molar-refractivity contribution in [2.75, 3.05) is 12.0 Å². The lowest BCUT2D eigenvalue weighted by molar-refractivity contribution is 0.618. The van der Waals surface area contributed by atoms with E-state index in [0.29, 0.717) is 6.04 Å². The molecule has 0 aliphatic heterocycles. The summed E-state index contributed by atoms with van der Waals surface area (Å²) in [5.41, 5.74) is 5.57. The quantitative estimate of drug-likeness (QED) is 0.601. The van der Waals surface area contributed by atoms with Gasteiger partial charge >= 0.3 is 0 Å². The molecule has 0 aliphatic carbocycles. The molecule has 0 spiro atoms. The molecule has 0 unspecified atom stereocenters. The van der Waals surface area contributed by atoms with Gasteiger partial charge in [-0.05, 0) is 31.8 Å². The Hall–Kier alpha value is 0.310. The maximum absolute atomic E-state index is 5.57. The Morgan fingerprint density at radius 3 is 2.56 bits per heavy atom. The SMILES string of the molecule is CSCCCC[C@H](C)N. The Morgan fingerprint density at radius 1 is 1.44 bits per heavy atom. The maximum atomic E-state index is 5.57. The molecule has 1 atom stereocenters. The maximum Gasteiger partial charge on any atom is 0.00104 e. The molecule has 1 nitrogen and oxygen atoms in total. The monoisotopic (exact) mass is 147 g/mol. The van der Waals surface area contributed by atoms with Crippen molar-refractivity contribution >= 4 is 11.8 Å². The Bertz CT molecular complexity index is 54.9. The van der Waals surface area contributed by atoms with E-state index in [-0.39, 0.29) is 0 Å². The normalized spacial score (nSPS) is 13.7. The third kappa shape index (κ3) is 8.31. The summed E-state index contributed by atoms with van der Waals surface area (Å²) in [4.78, 5) is 0. The Kier molecular flexibility index (Phi) is 6.65. The molecule has 56 valence electrons. The molecule has 2 N–H and O–H groups in total. The average molecular weight is 147 g/mol. The smallest absolute Gasteiger partial charge is 0.00104 e. The van der Waals surface area contributed by atoms with Gasteiger partial charge in [-0.3, -0.25) is 0 Å². The van der Waals surface area contributed by atoms with Crippen LogP contribution in [0.15, 0.2) is 0 Å². The minimum Gasteiger partial charge on any atom is -0.328 e. The number of thioether (sulfide) groups is 1. The molecule has 0 aromatic heterocycles. The van der Waals surface area contributed by atoms with E-state index >= 15 is 0 Å². The third-order valence-corrected chi connectivity index (χ3v) is 1.95. The molecule has 0 saturated carbocycles. The van der Waals surface area contributed by atoms with Crippen molar-refractivity contribution < 1.29 is 0 Å². The number of nitrogens with two attached hydrogens (primary N) is 1. The van der Waals surface area contributed by atoms with Crippen LogP contribution >= 0.6 is 11.8 Å². The van der Waals surface area contributed by atoms with Gasteiger partial charge in [-0.25, -0.2) is 0 Å². The molecular weight excluding hydrogens is 130 g/mol. The largest absolute Gasteiger partial charge is 0.328 e. The fourth-order valence-electron chi connectivity index (χ4n) is 0.713. The molecule has 0 amide bonds. The van der Waals surface area contributed by atoms with Crippen LogP contribution in [0.25, 0.3) is 0 Å². The van der Waals surface area contributed by atoms with Gasteiger partial charge in [0.15, 0.2) is 0 Å². The first-order valence-electron chi connectivity index (χ1n) is 3.52. The zero-order valence-electron chi connectivity index (χ0n) is 6.39. The molecule has 0 saturated heterocycles. The van der Waals surface area contributed by atoms with Crippen LogP contribution in [0.2, 0.25) is 0 Å². The van der Waals surface area contributed by atoms with Gasteiger partial charge in [-0.15, -0.1) is 0 Å². The number of hydrogen-bond acceptors (Lipinski definition) is 2. The van der Waals surface area contributed by atoms with E-state index in [1.54, 1.807) is 0 Å². The first kappa shape index (κ1) is 9.31. The minimum absolute atomic E-state index is 0.395. The van der Waals surface area contributed by atoms with Crippen molar-refractivity contribution in [2.24, 2.45) is 5.73 Å². The second kappa shape index (κ2) is 6.43. The standard InChI is InChI=1S/C7H17NS/c1-7(8)5-3-4-6-9-2/h7H,3-6,8H2,1-2H3/t7-/m0/s1. The van der Waals surface area contributed by atoms with Gasteiger partial charge < -0.3 is 5.73 Å². The van der Waals surface area contributed by atoms with Crippen LogP contribution in [0.3, 0.4) is 0 Å². The number of rotatable bonds is 5. The second-order valence-corrected chi connectivity index (χ2v) is 3.45.